The summed E-state index contributed by atoms with van der Waals surface area (Å²) < 4.78 is 5.11. The molecule has 0 aromatic heterocycles. The Bertz CT molecular complexity index is 157. The van der Waals surface area contributed by atoms with Crippen molar-refractivity contribution in [2.45, 2.75) is 12.6 Å². The maximum absolute atomic E-state index is 10.3. The molecule has 0 bridgehead atoms. The molecular formula is C7H14N2O3. The third kappa shape index (κ3) is 2.77. The van der Waals surface area contributed by atoms with Crippen LogP contribution in [0.5, 0.6) is 0 Å². The zero-order valence-corrected chi connectivity index (χ0v) is 6.90. The van der Waals surface area contributed by atoms with E-state index in [0.29, 0.717) is 13.2 Å². The first kappa shape index (κ1) is 9.44. The summed E-state index contributed by atoms with van der Waals surface area (Å²) in [5, 5.41) is 8.48. The third-order valence-corrected chi connectivity index (χ3v) is 1.90. The molecule has 12 heavy (non-hydrogen) atoms. The average Bonchev–Trinajstić information content (AvgIpc) is 2.05. The minimum Gasteiger partial charge on any atom is -0.481 e. The van der Waals surface area contributed by atoms with E-state index in [-0.39, 0.29) is 12.6 Å². The Morgan fingerprint density at radius 1 is 1.58 bits per heavy atom. The molecule has 0 aliphatic carbocycles. The fourth-order valence-corrected chi connectivity index (χ4v) is 1.22. The van der Waals surface area contributed by atoms with Crippen molar-refractivity contribution in [3.8, 4) is 0 Å². The normalized spacial score (nSPS) is 22.1. The minimum atomic E-state index is -0.853. The van der Waals surface area contributed by atoms with Gasteiger partial charge in [-0.25, -0.2) is 0 Å². The van der Waals surface area contributed by atoms with Crippen LogP contribution in [0.4, 0.5) is 0 Å². The number of carboxylic acids is 1. The smallest absolute Gasteiger partial charge is 0.306 e. The van der Waals surface area contributed by atoms with E-state index >= 15 is 0 Å². The molecule has 1 heterocycles. The zero-order valence-electron chi connectivity index (χ0n) is 6.90. The number of hydrogen-bond acceptors (Lipinski definition) is 4. The highest BCUT2D eigenvalue weighted by atomic mass is 16.5. The molecule has 0 spiro atoms. The van der Waals surface area contributed by atoms with Crippen LogP contribution < -0.4 is 5.73 Å². The molecule has 1 unspecified atom stereocenters. The van der Waals surface area contributed by atoms with E-state index in [0.717, 1.165) is 13.1 Å². The van der Waals surface area contributed by atoms with Crippen LogP contribution in [0.3, 0.4) is 0 Å². The maximum atomic E-state index is 10.3. The van der Waals surface area contributed by atoms with Gasteiger partial charge < -0.3 is 15.6 Å². The van der Waals surface area contributed by atoms with Gasteiger partial charge in [0.2, 0.25) is 0 Å². The van der Waals surface area contributed by atoms with E-state index in [9.17, 15) is 4.79 Å². The summed E-state index contributed by atoms with van der Waals surface area (Å²) in [6, 6.07) is 0. The van der Waals surface area contributed by atoms with Gasteiger partial charge in [0.05, 0.1) is 25.8 Å². The molecule has 0 aromatic rings. The fourth-order valence-electron chi connectivity index (χ4n) is 1.22. The first-order valence-corrected chi connectivity index (χ1v) is 3.99. The first-order valence-electron chi connectivity index (χ1n) is 3.99. The van der Waals surface area contributed by atoms with Gasteiger partial charge in [0.15, 0.2) is 0 Å². The summed E-state index contributed by atoms with van der Waals surface area (Å²) in [4.78, 5) is 12.2. The van der Waals surface area contributed by atoms with Gasteiger partial charge in [0.1, 0.15) is 0 Å². The number of nitrogens with zero attached hydrogens (tertiary/aromatic N) is 1. The van der Waals surface area contributed by atoms with Crippen LogP contribution in [-0.2, 0) is 9.53 Å². The Balaban J connectivity index is 2.29. The predicted molar refractivity (Wildman–Crippen MR) is 42.6 cm³/mol. The highest BCUT2D eigenvalue weighted by Crippen LogP contribution is 2.02. The molecule has 1 aliphatic heterocycles. The van der Waals surface area contributed by atoms with Crippen molar-refractivity contribution < 1.29 is 14.6 Å². The SMILES string of the molecule is NC(CC(=O)O)N1CCOCC1. The quantitative estimate of drug-likeness (QED) is 0.578. The molecule has 0 aromatic carbocycles. The van der Waals surface area contributed by atoms with Gasteiger partial charge in [-0.3, -0.25) is 9.69 Å². The summed E-state index contributed by atoms with van der Waals surface area (Å²) >= 11 is 0. The summed E-state index contributed by atoms with van der Waals surface area (Å²) in [6.45, 7) is 2.75. The van der Waals surface area contributed by atoms with Gasteiger partial charge in [-0.05, 0) is 0 Å². The van der Waals surface area contributed by atoms with Gasteiger partial charge >= 0.3 is 5.97 Å². The van der Waals surface area contributed by atoms with Gasteiger partial charge in [-0.15, -0.1) is 0 Å². The Hall–Kier alpha value is -0.650. The van der Waals surface area contributed by atoms with Crippen LogP contribution in [-0.4, -0.2) is 48.4 Å². The van der Waals surface area contributed by atoms with Crippen molar-refractivity contribution in [3.63, 3.8) is 0 Å². The van der Waals surface area contributed by atoms with Crippen molar-refractivity contribution in [2.24, 2.45) is 5.73 Å². The summed E-state index contributed by atoms with van der Waals surface area (Å²) in [7, 11) is 0. The molecule has 5 heteroatoms. The lowest BCUT2D eigenvalue weighted by Gasteiger charge is -2.30. The molecule has 70 valence electrons. The van der Waals surface area contributed by atoms with Crippen LogP contribution in [0, 0.1) is 0 Å². The molecule has 1 fully saturated rings. The molecule has 1 atom stereocenters. The number of aliphatic carboxylic acids is 1. The molecule has 0 amide bonds. The van der Waals surface area contributed by atoms with Crippen LogP contribution in [0.2, 0.25) is 0 Å². The second-order valence-corrected chi connectivity index (χ2v) is 2.81. The standard InChI is InChI=1S/C7H14N2O3/c8-6(5-7(10)11)9-1-3-12-4-2-9/h6H,1-5,8H2,(H,10,11). The van der Waals surface area contributed by atoms with Gasteiger partial charge in [0, 0.05) is 13.1 Å². The molecule has 1 saturated heterocycles. The Labute approximate surface area is 71.1 Å². The zero-order chi connectivity index (χ0) is 8.97. The van der Waals surface area contributed by atoms with Gasteiger partial charge in [-0.1, -0.05) is 0 Å². The number of nitrogens with two attached hydrogens (primary N) is 1. The Kier molecular flexibility index (Phi) is 3.46. The van der Waals surface area contributed by atoms with E-state index in [1.807, 2.05) is 4.90 Å². The van der Waals surface area contributed by atoms with Crippen LogP contribution >= 0.6 is 0 Å². The first-order chi connectivity index (χ1) is 5.70. The number of carboxylic acid groups (broad SMARTS) is 1. The highest BCUT2D eigenvalue weighted by Gasteiger charge is 2.19. The molecular weight excluding hydrogens is 160 g/mol. The second-order valence-electron chi connectivity index (χ2n) is 2.81. The van der Waals surface area contributed by atoms with Crippen molar-refractivity contribution >= 4 is 5.97 Å². The van der Waals surface area contributed by atoms with Crippen molar-refractivity contribution in [1.82, 2.24) is 4.90 Å². The monoisotopic (exact) mass is 174 g/mol. The van der Waals surface area contributed by atoms with Crippen LogP contribution in [0.1, 0.15) is 6.42 Å². The maximum Gasteiger partial charge on any atom is 0.306 e. The number of carbonyl (C=O) groups is 1. The van der Waals surface area contributed by atoms with E-state index in [2.05, 4.69) is 0 Å². The van der Waals surface area contributed by atoms with Gasteiger partial charge in [-0.2, -0.15) is 0 Å². The van der Waals surface area contributed by atoms with E-state index in [1.54, 1.807) is 0 Å². The molecule has 0 radical (unpaired) electrons. The largest absolute Gasteiger partial charge is 0.481 e. The molecule has 0 saturated carbocycles. The van der Waals surface area contributed by atoms with E-state index in [4.69, 9.17) is 15.6 Å². The van der Waals surface area contributed by atoms with Gasteiger partial charge in [0.25, 0.3) is 0 Å². The second kappa shape index (κ2) is 4.39. The lowest BCUT2D eigenvalue weighted by molar-refractivity contribution is -0.138. The van der Waals surface area contributed by atoms with E-state index < -0.39 is 5.97 Å². The van der Waals surface area contributed by atoms with Crippen molar-refractivity contribution in [1.29, 1.82) is 0 Å². The molecule has 3 N–H and O–H groups in total. The van der Waals surface area contributed by atoms with E-state index in [1.165, 1.54) is 0 Å². The Morgan fingerprint density at radius 3 is 2.67 bits per heavy atom. The van der Waals surface area contributed by atoms with Crippen molar-refractivity contribution in [2.75, 3.05) is 26.3 Å². The molecule has 1 rings (SSSR count). The summed E-state index contributed by atoms with van der Waals surface area (Å²) in [5.41, 5.74) is 5.64. The topological polar surface area (TPSA) is 75.8 Å². The summed E-state index contributed by atoms with van der Waals surface area (Å²) in [5.74, 6) is -0.853. The molecule has 1 aliphatic rings. The number of morpholine rings is 1. The fraction of sp³-hybridized carbons (Fsp3) is 0.857. The number of ether oxygens (including phenoxy) is 1. The lowest BCUT2D eigenvalue weighted by Crippen LogP contribution is -2.48. The van der Waals surface area contributed by atoms with Crippen LogP contribution in [0.25, 0.3) is 0 Å². The predicted octanol–water partition coefficient (Wildman–Crippen LogP) is -0.922. The third-order valence-electron chi connectivity index (χ3n) is 1.90. The average molecular weight is 174 g/mol. The van der Waals surface area contributed by atoms with Crippen molar-refractivity contribution in [3.05, 3.63) is 0 Å². The molecule has 5 nitrogen and oxygen atoms in total. The highest BCUT2D eigenvalue weighted by molar-refractivity contribution is 5.67. The van der Waals surface area contributed by atoms with Crippen LogP contribution in [0.15, 0.2) is 0 Å². The number of rotatable bonds is 3. The Morgan fingerprint density at radius 2 is 2.17 bits per heavy atom. The lowest BCUT2D eigenvalue weighted by atomic mass is 10.3. The number of hydrogen-bond donors (Lipinski definition) is 2. The minimum absolute atomic E-state index is 0. The summed E-state index contributed by atoms with van der Waals surface area (Å²) in [6.07, 6.45) is -0.369.